The zero-order valence-electron chi connectivity index (χ0n) is 11.7. The van der Waals surface area contributed by atoms with Gasteiger partial charge in [-0.05, 0) is 49.9 Å². The molecule has 1 fully saturated rings. The number of hydrogen-bond acceptors (Lipinski definition) is 4. The molecule has 1 aliphatic rings. The van der Waals surface area contributed by atoms with Gasteiger partial charge in [-0.15, -0.1) is 11.3 Å². The van der Waals surface area contributed by atoms with Crippen molar-refractivity contribution >= 4 is 17.2 Å². The lowest BCUT2D eigenvalue weighted by atomic mass is 9.94. The standard InChI is InChI=1S/C14H23N3OS/c1-10-5-8-19-13(10)12(9-15)17-6-3-11(4-7-17)14(18)16-2/h5,8,11-12H,3-4,6-7,9,15H2,1-2H3,(H,16,18). The first-order valence-electron chi connectivity index (χ1n) is 6.87. The topological polar surface area (TPSA) is 58.4 Å². The Balaban J connectivity index is 2.00. The summed E-state index contributed by atoms with van der Waals surface area (Å²) in [5, 5.41) is 4.88. The summed E-state index contributed by atoms with van der Waals surface area (Å²) in [7, 11) is 1.71. The lowest BCUT2D eigenvalue weighted by Crippen LogP contribution is -2.43. The highest BCUT2D eigenvalue weighted by atomic mass is 32.1. The van der Waals surface area contributed by atoms with E-state index in [1.165, 1.54) is 10.4 Å². The van der Waals surface area contributed by atoms with Gasteiger partial charge in [0, 0.05) is 24.4 Å². The van der Waals surface area contributed by atoms with Crippen LogP contribution in [0.2, 0.25) is 0 Å². The van der Waals surface area contributed by atoms with Crippen LogP contribution in [0.25, 0.3) is 0 Å². The average Bonchev–Trinajstić information content (AvgIpc) is 2.86. The third-order valence-corrected chi connectivity index (χ3v) is 5.14. The zero-order valence-corrected chi connectivity index (χ0v) is 12.5. The van der Waals surface area contributed by atoms with Gasteiger partial charge in [-0.2, -0.15) is 0 Å². The number of carbonyl (C=O) groups excluding carboxylic acids is 1. The summed E-state index contributed by atoms with van der Waals surface area (Å²) in [5.74, 6) is 0.348. The van der Waals surface area contributed by atoms with Crippen LogP contribution in [0.1, 0.15) is 29.3 Å². The fraction of sp³-hybridized carbons (Fsp3) is 0.643. The summed E-state index contributed by atoms with van der Waals surface area (Å²) in [6, 6.07) is 2.46. The number of nitrogens with two attached hydrogens (primary N) is 1. The first kappa shape index (κ1) is 14.5. The van der Waals surface area contributed by atoms with E-state index in [0.29, 0.717) is 12.6 Å². The summed E-state index contributed by atoms with van der Waals surface area (Å²) < 4.78 is 0. The Morgan fingerprint density at radius 3 is 2.74 bits per heavy atom. The minimum atomic E-state index is 0.170. The lowest BCUT2D eigenvalue weighted by Gasteiger charge is -2.36. The summed E-state index contributed by atoms with van der Waals surface area (Å²) in [4.78, 5) is 15.4. The monoisotopic (exact) mass is 281 g/mol. The number of rotatable bonds is 4. The Morgan fingerprint density at radius 1 is 1.58 bits per heavy atom. The third kappa shape index (κ3) is 3.16. The number of nitrogens with zero attached hydrogens (tertiary/aromatic N) is 1. The predicted octanol–water partition coefficient (Wildman–Crippen LogP) is 1.51. The van der Waals surface area contributed by atoms with Crippen molar-refractivity contribution in [3.05, 3.63) is 21.9 Å². The van der Waals surface area contributed by atoms with Crippen LogP contribution in [0.3, 0.4) is 0 Å². The first-order chi connectivity index (χ1) is 9.17. The molecule has 4 nitrogen and oxygen atoms in total. The van der Waals surface area contributed by atoms with Gasteiger partial charge in [0.15, 0.2) is 0 Å². The van der Waals surface area contributed by atoms with Crippen molar-refractivity contribution in [2.75, 3.05) is 26.7 Å². The minimum Gasteiger partial charge on any atom is -0.359 e. The van der Waals surface area contributed by atoms with Crippen molar-refractivity contribution in [2.45, 2.75) is 25.8 Å². The van der Waals surface area contributed by atoms with Gasteiger partial charge >= 0.3 is 0 Å². The number of thiophene rings is 1. The molecule has 5 heteroatoms. The summed E-state index contributed by atoms with van der Waals surface area (Å²) in [6.07, 6.45) is 1.86. The molecule has 1 amide bonds. The Bertz CT molecular complexity index is 424. The van der Waals surface area contributed by atoms with Crippen LogP contribution in [0.4, 0.5) is 0 Å². The summed E-state index contributed by atoms with van der Waals surface area (Å²) in [5.41, 5.74) is 7.30. The number of hydrogen-bond donors (Lipinski definition) is 2. The molecule has 1 aromatic heterocycles. The molecule has 1 unspecified atom stereocenters. The van der Waals surface area contributed by atoms with Crippen molar-refractivity contribution in [1.82, 2.24) is 10.2 Å². The van der Waals surface area contributed by atoms with Crippen LogP contribution in [0.5, 0.6) is 0 Å². The van der Waals surface area contributed by atoms with Crippen LogP contribution in [0, 0.1) is 12.8 Å². The van der Waals surface area contributed by atoms with E-state index in [1.807, 2.05) is 0 Å². The van der Waals surface area contributed by atoms with E-state index in [4.69, 9.17) is 5.73 Å². The SMILES string of the molecule is CNC(=O)C1CCN(C(CN)c2sccc2C)CC1. The largest absolute Gasteiger partial charge is 0.359 e. The van der Waals surface area contributed by atoms with E-state index in [0.717, 1.165) is 25.9 Å². The normalized spacial score (nSPS) is 19.3. The molecule has 3 N–H and O–H groups in total. The smallest absolute Gasteiger partial charge is 0.222 e. The molecule has 0 aromatic carbocycles. The molecule has 1 atom stereocenters. The summed E-state index contributed by atoms with van der Waals surface area (Å²) in [6.45, 7) is 4.70. The highest BCUT2D eigenvalue weighted by Gasteiger charge is 2.29. The van der Waals surface area contributed by atoms with Crippen LogP contribution in [-0.2, 0) is 4.79 Å². The predicted molar refractivity (Wildman–Crippen MR) is 79.2 cm³/mol. The maximum atomic E-state index is 11.6. The van der Waals surface area contributed by atoms with Crippen LogP contribution in [0.15, 0.2) is 11.4 Å². The van der Waals surface area contributed by atoms with Gasteiger partial charge in [0.2, 0.25) is 5.91 Å². The number of carbonyl (C=O) groups is 1. The van der Waals surface area contributed by atoms with Crippen molar-refractivity contribution < 1.29 is 4.79 Å². The molecule has 1 aromatic rings. The van der Waals surface area contributed by atoms with Crippen molar-refractivity contribution in [3.8, 4) is 0 Å². The Morgan fingerprint density at radius 2 is 2.26 bits per heavy atom. The van der Waals surface area contributed by atoms with E-state index in [1.54, 1.807) is 18.4 Å². The number of aryl methyl sites for hydroxylation is 1. The Hall–Kier alpha value is -0.910. The van der Waals surface area contributed by atoms with E-state index in [9.17, 15) is 4.79 Å². The van der Waals surface area contributed by atoms with Gasteiger partial charge < -0.3 is 11.1 Å². The molecule has 2 rings (SSSR count). The van der Waals surface area contributed by atoms with Crippen molar-refractivity contribution in [3.63, 3.8) is 0 Å². The van der Waals surface area contributed by atoms with Gasteiger partial charge in [0.1, 0.15) is 0 Å². The average molecular weight is 281 g/mol. The van der Waals surface area contributed by atoms with Crippen molar-refractivity contribution in [1.29, 1.82) is 0 Å². The zero-order chi connectivity index (χ0) is 13.8. The number of amides is 1. The molecule has 1 saturated heterocycles. The molecular formula is C14H23N3OS. The second kappa shape index (κ2) is 6.50. The molecular weight excluding hydrogens is 258 g/mol. The van der Waals surface area contributed by atoms with E-state index < -0.39 is 0 Å². The molecule has 0 radical (unpaired) electrons. The number of piperidine rings is 1. The number of likely N-dealkylation sites (tertiary alicyclic amines) is 1. The molecule has 19 heavy (non-hydrogen) atoms. The summed E-state index contributed by atoms with van der Waals surface area (Å²) >= 11 is 1.79. The van der Waals surface area contributed by atoms with E-state index >= 15 is 0 Å². The molecule has 1 aliphatic heterocycles. The highest BCUT2D eigenvalue weighted by Crippen LogP contribution is 2.31. The number of nitrogens with one attached hydrogen (secondary N) is 1. The maximum absolute atomic E-state index is 11.6. The molecule has 0 bridgehead atoms. The van der Waals surface area contributed by atoms with E-state index in [2.05, 4.69) is 28.6 Å². The van der Waals surface area contributed by atoms with Gasteiger partial charge in [0.25, 0.3) is 0 Å². The minimum absolute atomic E-state index is 0.170. The van der Waals surface area contributed by atoms with Crippen LogP contribution < -0.4 is 11.1 Å². The van der Waals surface area contributed by atoms with Crippen molar-refractivity contribution in [2.24, 2.45) is 11.7 Å². The van der Waals surface area contributed by atoms with Gasteiger partial charge in [-0.1, -0.05) is 0 Å². The van der Waals surface area contributed by atoms with Crippen LogP contribution >= 0.6 is 11.3 Å². The lowest BCUT2D eigenvalue weighted by molar-refractivity contribution is -0.126. The fourth-order valence-corrected chi connectivity index (χ4v) is 3.90. The molecule has 0 saturated carbocycles. The van der Waals surface area contributed by atoms with Gasteiger partial charge in [-0.25, -0.2) is 0 Å². The Kier molecular flexibility index (Phi) is 4.96. The van der Waals surface area contributed by atoms with Gasteiger partial charge in [0.05, 0.1) is 6.04 Å². The quantitative estimate of drug-likeness (QED) is 0.879. The second-order valence-electron chi connectivity index (χ2n) is 5.14. The first-order valence-corrected chi connectivity index (χ1v) is 7.75. The molecule has 0 spiro atoms. The van der Waals surface area contributed by atoms with E-state index in [-0.39, 0.29) is 11.8 Å². The third-order valence-electron chi connectivity index (χ3n) is 4.02. The Labute approximate surface area is 119 Å². The van der Waals surface area contributed by atoms with Gasteiger partial charge in [-0.3, -0.25) is 9.69 Å². The fourth-order valence-electron chi connectivity index (χ4n) is 2.83. The van der Waals surface area contributed by atoms with Crippen LogP contribution in [-0.4, -0.2) is 37.5 Å². The second-order valence-corrected chi connectivity index (χ2v) is 6.09. The maximum Gasteiger partial charge on any atom is 0.222 e. The highest BCUT2D eigenvalue weighted by molar-refractivity contribution is 7.10. The molecule has 2 heterocycles. The molecule has 106 valence electrons. The molecule has 0 aliphatic carbocycles.